The summed E-state index contributed by atoms with van der Waals surface area (Å²) < 4.78 is 37.8. The summed E-state index contributed by atoms with van der Waals surface area (Å²) >= 11 is 0. The lowest BCUT2D eigenvalue weighted by molar-refractivity contribution is -0.0520. The number of hydrogen-bond acceptors (Lipinski definition) is 5. The Balaban J connectivity index is 2.17. The van der Waals surface area contributed by atoms with Gasteiger partial charge in [-0.05, 0) is 34.0 Å². The molecule has 0 saturated heterocycles. The molecular formula is C21H32F2N6O2. The first kappa shape index (κ1) is 24.4. The summed E-state index contributed by atoms with van der Waals surface area (Å²) in [6.45, 7) is 2.54. The fraction of sp³-hybridized carbons (Fsp3) is 0.524. The third-order valence-electron chi connectivity index (χ3n) is 4.51. The molecular weight excluding hydrogens is 406 g/mol. The van der Waals surface area contributed by atoms with Crippen molar-refractivity contribution in [3.63, 3.8) is 0 Å². The van der Waals surface area contributed by atoms with Crippen LogP contribution in [0.15, 0.2) is 35.6 Å². The van der Waals surface area contributed by atoms with Crippen molar-refractivity contribution in [2.45, 2.75) is 33.0 Å². The molecule has 8 nitrogen and oxygen atoms in total. The molecule has 172 valence electrons. The highest BCUT2D eigenvalue weighted by atomic mass is 19.3. The van der Waals surface area contributed by atoms with E-state index in [-0.39, 0.29) is 24.1 Å². The van der Waals surface area contributed by atoms with Crippen molar-refractivity contribution in [1.82, 2.24) is 25.3 Å². The van der Waals surface area contributed by atoms with Crippen molar-refractivity contribution >= 4 is 5.96 Å². The van der Waals surface area contributed by atoms with E-state index >= 15 is 0 Å². The van der Waals surface area contributed by atoms with Crippen LogP contribution < -0.4 is 20.1 Å². The number of aryl methyl sites for hydroxylation is 1. The predicted molar refractivity (Wildman–Crippen MR) is 117 cm³/mol. The minimum absolute atomic E-state index is 0.0143. The van der Waals surface area contributed by atoms with Gasteiger partial charge < -0.3 is 25.0 Å². The molecule has 10 heteroatoms. The zero-order valence-electron chi connectivity index (χ0n) is 18.7. The summed E-state index contributed by atoms with van der Waals surface area (Å²) in [5, 5.41) is 10.7. The number of nitrogens with one attached hydrogen (secondary N) is 2. The first-order valence-electron chi connectivity index (χ1n) is 10.2. The predicted octanol–water partition coefficient (Wildman–Crippen LogP) is 2.78. The second-order valence-electron chi connectivity index (χ2n) is 7.06. The number of ether oxygens (including phenoxy) is 2. The molecule has 2 rings (SSSR count). The maximum atomic E-state index is 12.9. The highest BCUT2D eigenvalue weighted by Gasteiger charge is 2.18. The van der Waals surface area contributed by atoms with E-state index in [1.165, 1.54) is 0 Å². The number of likely N-dealkylation sites (N-methyl/N-ethyl adjacent to an activating group) is 1. The van der Waals surface area contributed by atoms with Gasteiger partial charge in [-0.2, -0.15) is 13.9 Å². The molecule has 2 N–H and O–H groups in total. The lowest BCUT2D eigenvalue weighted by Crippen LogP contribution is -2.41. The molecule has 1 atom stereocenters. The van der Waals surface area contributed by atoms with Gasteiger partial charge in [-0.1, -0.05) is 12.1 Å². The lowest BCUT2D eigenvalue weighted by Gasteiger charge is -2.24. The number of aromatic nitrogens is 2. The smallest absolute Gasteiger partial charge is 0.387 e. The quantitative estimate of drug-likeness (QED) is 0.415. The molecule has 2 aromatic rings. The van der Waals surface area contributed by atoms with Crippen LogP contribution in [-0.2, 0) is 13.6 Å². The number of para-hydroxylation sites is 1. The Hall–Kier alpha value is -2.88. The fourth-order valence-electron chi connectivity index (χ4n) is 3.09. The van der Waals surface area contributed by atoms with Crippen LogP contribution in [-0.4, -0.2) is 61.0 Å². The van der Waals surface area contributed by atoms with Gasteiger partial charge in [-0.25, -0.2) is 4.99 Å². The maximum Gasteiger partial charge on any atom is 0.387 e. The second kappa shape index (κ2) is 12.1. The van der Waals surface area contributed by atoms with E-state index in [0.717, 1.165) is 5.56 Å². The average molecular weight is 439 g/mol. The summed E-state index contributed by atoms with van der Waals surface area (Å²) in [4.78, 5) is 6.65. The van der Waals surface area contributed by atoms with Gasteiger partial charge in [0.15, 0.2) is 17.5 Å². The van der Waals surface area contributed by atoms with Crippen LogP contribution in [0.2, 0.25) is 0 Å². The molecule has 0 aliphatic heterocycles. The Bertz CT molecular complexity index is 841. The van der Waals surface area contributed by atoms with Gasteiger partial charge in [-0.3, -0.25) is 4.68 Å². The minimum Gasteiger partial charge on any atom is -0.490 e. The van der Waals surface area contributed by atoms with E-state index < -0.39 is 6.61 Å². The standard InChI is InChI=1S/C21H32F2N6O2/c1-6-24-21(26-13-17(28(3)4)16-12-27-29(5)14-16)25-11-15-9-8-10-18(30-7-2)19(15)31-20(22)23/h8-10,12,14,17,20H,6-7,11,13H2,1-5H3,(H2,24,25,26). The van der Waals surface area contributed by atoms with Gasteiger partial charge in [0.2, 0.25) is 0 Å². The molecule has 0 aliphatic carbocycles. The van der Waals surface area contributed by atoms with Crippen LogP contribution in [0.25, 0.3) is 0 Å². The summed E-state index contributed by atoms with van der Waals surface area (Å²) in [7, 11) is 5.87. The zero-order chi connectivity index (χ0) is 22.8. The summed E-state index contributed by atoms with van der Waals surface area (Å²) in [5.41, 5.74) is 1.59. The van der Waals surface area contributed by atoms with Crippen molar-refractivity contribution in [2.24, 2.45) is 12.0 Å². The third kappa shape index (κ3) is 7.39. The van der Waals surface area contributed by atoms with Crippen LogP contribution in [0.1, 0.15) is 31.0 Å². The van der Waals surface area contributed by atoms with Crippen LogP contribution in [0, 0.1) is 0 Å². The summed E-state index contributed by atoms with van der Waals surface area (Å²) in [6.07, 6.45) is 3.81. The minimum atomic E-state index is -2.95. The number of guanidine groups is 1. The van der Waals surface area contributed by atoms with Crippen molar-refractivity contribution in [3.8, 4) is 11.5 Å². The summed E-state index contributed by atoms with van der Waals surface area (Å²) in [6, 6.07) is 5.12. The number of alkyl halides is 2. The Kier molecular flexibility index (Phi) is 9.51. The number of halogens is 2. The second-order valence-corrected chi connectivity index (χ2v) is 7.06. The average Bonchev–Trinajstić information content (AvgIpc) is 3.13. The van der Waals surface area contributed by atoms with E-state index in [4.69, 9.17) is 9.47 Å². The Labute approximate surface area is 182 Å². The van der Waals surface area contributed by atoms with Crippen LogP contribution >= 0.6 is 0 Å². The fourth-order valence-corrected chi connectivity index (χ4v) is 3.09. The zero-order valence-corrected chi connectivity index (χ0v) is 18.7. The van der Waals surface area contributed by atoms with Gasteiger partial charge in [-0.15, -0.1) is 0 Å². The van der Waals surface area contributed by atoms with E-state index in [2.05, 4.69) is 25.6 Å². The molecule has 1 aromatic carbocycles. The van der Waals surface area contributed by atoms with Crippen LogP contribution in [0.5, 0.6) is 11.5 Å². The normalized spacial score (nSPS) is 12.9. The monoisotopic (exact) mass is 438 g/mol. The van der Waals surface area contributed by atoms with Gasteiger partial charge in [0.25, 0.3) is 0 Å². The Morgan fingerprint density at radius 2 is 2.03 bits per heavy atom. The highest BCUT2D eigenvalue weighted by Crippen LogP contribution is 2.33. The van der Waals surface area contributed by atoms with Crippen molar-refractivity contribution in [3.05, 3.63) is 41.7 Å². The van der Waals surface area contributed by atoms with Crippen molar-refractivity contribution in [2.75, 3.05) is 33.8 Å². The van der Waals surface area contributed by atoms with Crippen LogP contribution in [0.3, 0.4) is 0 Å². The maximum absolute atomic E-state index is 12.9. The van der Waals surface area contributed by atoms with Crippen molar-refractivity contribution < 1.29 is 18.3 Å². The number of aliphatic imine (C=N–C) groups is 1. The molecule has 0 spiro atoms. The molecule has 31 heavy (non-hydrogen) atoms. The third-order valence-corrected chi connectivity index (χ3v) is 4.51. The van der Waals surface area contributed by atoms with Gasteiger partial charge in [0.1, 0.15) is 0 Å². The van der Waals surface area contributed by atoms with Crippen LogP contribution in [0.4, 0.5) is 8.78 Å². The highest BCUT2D eigenvalue weighted by molar-refractivity contribution is 5.79. The molecule has 1 unspecified atom stereocenters. The largest absolute Gasteiger partial charge is 0.490 e. The molecule has 0 amide bonds. The molecule has 0 saturated carbocycles. The van der Waals surface area contributed by atoms with Gasteiger partial charge >= 0.3 is 6.61 Å². The topological polar surface area (TPSA) is 75.9 Å². The number of nitrogens with zero attached hydrogens (tertiary/aromatic N) is 4. The first-order chi connectivity index (χ1) is 14.8. The number of rotatable bonds is 11. The summed E-state index contributed by atoms with van der Waals surface area (Å²) in [5.74, 6) is 0.862. The number of benzene rings is 1. The van der Waals surface area contributed by atoms with Gasteiger partial charge in [0, 0.05) is 37.5 Å². The van der Waals surface area contributed by atoms with Crippen molar-refractivity contribution in [1.29, 1.82) is 0 Å². The first-order valence-corrected chi connectivity index (χ1v) is 10.2. The molecule has 0 fully saturated rings. The molecule has 0 aliphatic rings. The number of hydrogen-bond donors (Lipinski definition) is 2. The molecule has 1 aromatic heterocycles. The lowest BCUT2D eigenvalue weighted by atomic mass is 10.1. The Morgan fingerprint density at radius 1 is 1.26 bits per heavy atom. The Morgan fingerprint density at radius 3 is 2.61 bits per heavy atom. The van der Waals surface area contributed by atoms with E-state index in [1.807, 2.05) is 40.5 Å². The SMILES string of the molecule is CCNC(=NCc1cccc(OCC)c1OC(F)F)NCC(c1cnn(C)c1)N(C)C. The van der Waals surface area contributed by atoms with E-state index in [0.29, 0.717) is 31.2 Å². The molecule has 0 radical (unpaired) electrons. The van der Waals surface area contributed by atoms with E-state index in [9.17, 15) is 8.78 Å². The van der Waals surface area contributed by atoms with Gasteiger partial charge in [0.05, 0.1) is 25.4 Å². The van der Waals surface area contributed by atoms with E-state index in [1.54, 1.807) is 29.8 Å². The molecule has 1 heterocycles. The molecule has 0 bridgehead atoms.